The Hall–Kier alpha value is -0.0800. The van der Waals surface area contributed by atoms with Gasteiger partial charge in [-0.2, -0.15) is 0 Å². The quantitative estimate of drug-likeness (QED) is 0.716. The van der Waals surface area contributed by atoms with E-state index in [1.807, 2.05) is 0 Å². The van der Waals surface area contributed by atoms with Gasteiger partial charge in [0.25, 0.3) is 0 Å². The lowest BCUT2D eigenvalue weighted by molar-refractivity contribution is 0.285. The minimum atomic E-state index is 0.651. The predicted octanol–water partition coefficient (Wildman–Crippen LogP) is 1.76. The fourth-order valence-corrected chi connectivity index (χ4v) is 2.31. The van der Waals surface area contributed by atoms with Gasteiger partial charge in [0.2, 0.25) is 0 Å². The Balaban J connectivity index is 1.63. The molecule has 1 aliphatic heterocycles. The number of rotatable bonds is 4. The molecule has 0 radical (unpaired) electrons. The van der Waals surface area contributed by atoms with E-state index in [4.69, 9.17) is 0 Å². The van der Waals surface area contributed by atoms with Crippen LogP contribution in [0.15, 0.2) is 0 Å². The van der Waals surface area contributed by atoms with Crippen LogP contribution in [0.5, 0.6) is 0 Å². The van der Waals surface area contributed by atoms with Crippen molar-refractivity contribution in [3.8, 4) is 0 Å². The summed E-state index contributed by atoms with van der Waals surface area (Å²) < 4.78 is 0. The first-order chi connectivity index (χ1) is 6.70. The number of piperidine rings is 1. The monoisotopic (exact) mass is 196 g/mol. The molecular weight excluding hydrogens is 172 g/mol. The fourth-order valence-electron chi connectivity index (χ4n) is 2.31. The number of hydrogen-bond donors (Lipinski definition) is 2. The van der Waals surface area contributed by atoms with Gasteiger partial charge in [0.15, 0.2) is 0 Å². The Morgan fingerprint density at radius 2 is 2.21 bits per heavy atom. The summed E-state index contributed by atoms with van der Waals surface area (Å²) in [6, 6.07) is 0.714. The first kappa shape index (κ1) is 10.4. The standard InChI is InChI=1S/C12H24N2/c1-10-4-3-7-14-11(10)8-13-9-12(2)5-6-12/h10-11,13-14H,3-9H2,1-2H3. The molecular formula is C12H24N2. The average Bonchev–Trinajstić information content (AvgIpc) is 2.88. The molecule has 0 aromatic heterocycles. The highest BCUT2D eigenvalue weighted by Crippen LogP contribution is 2.43. The molecule has 0 bridgehead atoms. The smallest absolute Gasteiger partial charge is 0.0218 e. The Labute approximate surface area is 87.8 Å². The van der Waals surface area contributed by atoms with E-state index in [1.54, 1.807) is 0 Å². The van der Waals surface area contributed by atoms with Crippen LogP contribution in [0.1, 0.15) is 39.5 Å². The lowest BCUT2D eigenvalue weighted by atomic mass is 9.92. The highest BCUT2D eigenvalue weighted by molar-refractivity contribution is 4.91. The van der Waals surface area contributed by atoms with E-state index in [0.717, 1.165) is 12.5 Å². The molecule has 0 amide bonds. The van der Waals surface area contributed by atoms with Crippen molar-refractivity contribution in [2.75, 3.05) is 19.6 Å². The summed E-state index contributed by atoms with van der Waals surface area (Å²) in [6.07, 6.45) is 5.60. The molecule has 2 unspecified atom stereocenters. The normalized spacial score (nSPS) is 35.6. The maximum Gasteiger partial charge on any atom is 0.0218 e. The van der Waals surface area contributed by atoms with Crippen LogP contribution in [0.3, 0.4) is 0 Å². The summed E-state index contributed by atoms with van der Waals surface area (Å²) in [5, 5.41) is 7.24. The van der Waals surface area contributed by atoms with E-state index >= 15 is 0 Å². The molecule has 1 saturated carbocycles. The molecule has 0 spiro atoms. The van der Waals surface area contributed by atoms with Gasteiger partial charge in [0.1, 0.15) is 0 Å². The topological polar surface area (TPSA) is 24.1 Å². The Morgan fingerprint density at radius 3 is 2.86 bits per heavy atom. The van der Waals surface area contributed by atoms with Gasteiger partial charge in [-0.15, -0.1) is 0 Å². The third-order valence-corrected chi connectivity index (χ3v) is 3.95. The van der Waals surface area contributed by atoms with Crippen LogP contribution in [0.4, 0.5) is 0 Å². The van der Waals surface area contributed by atoms with Gasteiger partial charge in [-0.25, -0.2) is 0 Å². The van der Waals surface area contributed by atoms with Crippen LogP contribution in [0.25, 0.3) is 0 Å². The van der Waals surface area contributed by atoms with Gasteiger partial charge in [-0.1, -0.05) is 13.8 Å². The zero-order valence-electron chi connectivity index (χ0n) is 9.60. The van der Waals surface area contributed by atoms with Gasteiger partial charge in [0, 0.05) is 19.1 Å². The maximum absolute atomic E-state index is 3.63. The van der Waals surface area contributed by atoms with E-state index in [1.165, 1.54) is 38.8 Å². The van der Waals surface area contributed by atoms with Crippen LogP contribution in [0, 0.1) is 11.3 Å². The SMILES string of the molecule is CC1CCCNC1CNCC1(C)CC1. The van der Waals surface area contributed by atoms with Crippen LogP contribution in [-0.2, 0) is 0 Å². The van der Waals surface area contributed by atoms with Gasteiger partial charge >= 0.3 is 0 Å². The van der Waals surface area contributed by atoms with E-state index in [2.05, 4.69) is 24.5 Å². The lowest BCUT2D eigenvalue weighted by Gasteiger charge is -2.30. The van der Waals surface area contributed by atoms with Gasteiger partial charge in [-0.05, 0) is 43.6 Å². The van der Waals surface area contributed by atoms with Crippen LogP contribution in [0.2, 0.25) is 0 Å². The molecule has 2 nitrogen and oxygen atoms in total. The minimum absolute atomic E-state index is 0.651. The second-order valence-corrected chi connectivity index (χ2v) is 5.62. The molecule has 0 aromatic rings. The van der Waals surface area contributed by atoms with Crippen LogP contribution < -0.4 is 10.6 Å². The van der Waals surface area contributed by atoms with E-state index in [0.29, 0.717) is 11.5 Å². The molecule has 1 aliphatic carbocycles. The van der Waals surface area contributed by atoms with Gasteiger partial charge < -0.3 is 10.6 Å². The van der Waals surface area contributed by atoms with Crippen molar-refractivity contribution in [3.05, 3.63) is 0 Å². The molecule has 2 aliphatic rings. The summed E-state index contributed by atoms with van der Waals surface area (Å²) in [4.78, 5) is 0. The number of hydrogen-bond acceptors (Lipinski definition) is 2. The van der Waals surface area contributed by atoms with Crippen molar-refractivity contribution in [2.24, 2.45) is 11.3 Å². The summed E-state index contributed by atoms with van der Waals surface area (Å²) in [5.74, 6) is 0.850. The highest BCUT2D eigenvalue weighted by Gasteiger charge is 2.36. The van der Waals surface area contributed by atoms with Crippen molar-refractivity contribution in [3.63, 3.8) is 0 Å². The molecule has 82 valence electrons. The maximum atomic E-state index is 3.63. The van der Waals surface area contributed by atoms with Crippen molar-refractivity contribution in [2.45, 2.75) is 45.6 Å². The second-order valence-electron chi connectivity index (χ2n) is 5.62. The first-order valence-corrected chi connectivity index (χ1v) is 6.14. The summed E-state index contributed by atoms with van der Waals surface area (Å²) in [5.41, 5.74) is 0.651. The first-order valence-electron chi connectivity index (χ1n) is 6.14. The molecule has 2 heteroatoms. The fraction of sp³-hybridized carbons (Fsp3) is 1.00. The van der Waals surface area contributed by atoms with Crippen LogP contribution >= 0.6 is 0 Å². The summed E-state index contributed by atoms with van der Waals surface area (Å²) in [6.45, 7) is 8.36. The molecule has 0 aromatic carbocycles. The molecule has 1 saturated heterocycles. The Kier molecular flexibility index (Phi) is 3.13. The zero-order chi connectivity index (χ0) is 10.0. The lowest BCUT2D eigenvalue weighted by Crippen LogP contribution is -2.47. The third kappa shape index (κ3) is 2.71. The molecule has 2 atom stereocenters. The largest absolute Gasteiger partial charge is 0.315 e. The molecule has 1 heterocycles. The van der Waals surface area contributed by atoms with E-state index < -0.39 is 0 Å². The van der Waals surface area contributed by atoms with E-state index in [-0.39, 0.29) is 0 Å². The second kappa shape index (κ2) is 4.19. The van der Waals surface area contributed by atoms with Crippen LogP contribution in [-0.4, -0.2) is 25.7 Å². The number of nitrogens with one attached hydrogen (secondary N) is 2. The third-order valence-electron chi connectivity index (χ3n) is 3.95. The minimum Gasteiger partial charge on any atom is -0.315 e. The Morgan fingerprint density at radius 1 is 1.43 bits per heavy atom. The van der Waals surface area contributed by atoms with Crippen molar-refractivity contribution >= 4 is 0 Å². The summed E-state index contributed by atoms with van der Waals surface area (Å²) in [7, 11) is 0. The average molecular weight is 196 g/mol. The Bertz CT molecular complexity index is 187. The zero-order valence-corrected chi connectivity index (χ0v) is 9.60. The van der Waals surface area contributed by atoms with Gasteiger partial charge in [0.05, 0.1) is 0 Å². The molecule has 2 fully saturated rings. The molecule has 14 heavy (non-hydrogen) atoms. The predicted molar refractivity (Wildman–Crippen MR) is 60.4 cm³/mol. The molecule has 2 N–H and O–H groups in total. The van der Waals surface area contributed by atoms with Crippen molar-refractivity contribution < 1.29 is 0 Å². The highest BCUT2D eigenvalue weighted by atomic mass is 15.0. The molecule has 2 rings (SSSR count). The van der Waals surface area contributed by atoms with Crippen molar-refractivity contribution in [1.82, 2.24) is 10.6 Å². The van der Waals surface area contributed by atoms with Crippen molar-refractivity contribution in [1.29, 1.82) is 0 Å². The summed E-state index contributed by atoms with van der Waals surface area (Å²) >= 11 is 0. The van der Waals surface area contributed by atoms with Gasteiger partial charge in [-0.3, -0.25) is 0 Å². The van der Waals surface area contributed by atoms with E-state index in [9.17, 15) is 0 Å².